The van der Waals surface area contributed by atoms with E-state index in [-0.39, 0.29) is 11.4 Å². The second kappa shape index (κ2) is 7.35. The Morgan fingerprint density at radius 1 is 0.938 bits per heavy atom. The van der Waals surface area contributed by atoms with Gasteiger partial charge < -0.3 is 15.1 Å². The molecule has 164 valence electrons. The predicted octanol–water partition coefficient (Wildman–Crippen LogP) is 4.42. The van der Waals surface area contributed by atoms with Gasteiger partial charge in [0.15, 0.2) is 0 Å². The minimum absolute atomic E-state index is 0.0548. The van der Waals surface area contributed by atoms with E-state index in [1.807, 2.05) is 6.92 Å². The molecule has 0 radical (unpaired) electrons. The van der Waals surface area contributed by atoms with Crippen LogP contribution in [-0.4, -0.2) is 44.0 Å². The summed E-state index contributed by atoms with van der Waals surface area (Å²) in [6.45, 7) is 6.17. The lowest BCUT2D eigenvalue weighted by molar-refractivity contribution is 0.0930. The lowest BCUT2D eigenvalue weighted by atomic mass is 9.93. The van der Waals surface area contributed by atoms with Crippen molar-refractivity contribution >= 4 is 22.4 Å². The van der Waals surface area contributed by atoms with Gasteiger partial charge in [-0.1, -0.05) is 36.4 Å². The first-order valence-electron chi connectivity index (χ1n) is 11.9. The third kappa shape index (κ3) is 3.20. The molecule has 0 bridgehead atoms. The molecule has 0 unspecified atom stereocenters. The molecule has 0 spiro atoms. The number of carbonyl (C=O) groups excluding carboxylic acids is 1. The second-order valence-electron chi connectivity index (χ2n) is 9.94. The minimum atomic E-state index is -0.229. The van der Waals surface area contributed by atoms with Crippen molar-refractivity contribution in [1.82, 2.24) is 10.2 Å². The van der Waals surface area contributed by atoms with Crippen molar-refractivity contribution in [2.24, 2.45) is 0 Å². The molecule has 1 heterocycles. The molecular weight excluding hydrogens is 394 g/mol. The molecule has 3 aliphatic rings. The van der Waals surface area contributed by atoms with Crippen molar-refractivity contribution in [2.75, 3.05) is 38.1 Å². The van der Waals surface area contributed by atoms with E-state index in [2.05, 4.69) is 70.7 Å². The van der Waals surface area contributed by atoms with Gasteiger partial charge in [-0.15, -0.1) is 0 Å². The molecule has 32 heavy (non-hydrogen) atoms. The molecule has 0 aromatic heterocycles. The Kier molecular flexibility index (Phi) is 4.55. The van der Waals surface area contributed by atoms with E-state index in [1.54, 1.807) is 0 Å². The summed E-state index contributed by atoms with van der Waals surface area (Å²) < 4.78 is 0. The Morgan fingerprint density at radius 2 is 1.69 bits per heavy atom. The quantitative estimate of drug-likeness (QED) is 0.672. The molecule has 1 saturated heterocycles. The van der Waals surface area contributed by atoms with Crippen LogP contribution in [0.15, 0.2) is 48.5 Å². The topological polar surface area (TPSA) is 35.6 Å². The maximum Gasteiger partial charge on any atom is 0.252 e. The largest absolute Gasteiger partial charge is 0.369 e. The van der Waals surface area contributed by atoms with Crippen LogP contribution in [0.3, 0.4) is 0 Å². The van der Waals surface area contributed by atoms with E-state index in [1.165, 1.54) is 27.5 Å². The Morgan fingerprint density at radius 3 is 2.44 bits per heavy atom. The molecule has 3 aromatic carbocycles. The van der Waals surface area contributed by atoms with E-state index in [4.69, 9.17) is 0 Å². The number of nitrogens with zero attached hydrogens (tertiary/aromatic N) is 2. The van der Waals surface area contributed by atoms with Gasteiger partial charge in [0, 0.05) is 37.4 Å². The summed E-state index contributed by atoms with van der Waals surface area (Å²) in [4.78, 5) is 18.3. The zero-order valence-electron chi connectivity index (χ0n) is 19.1. The molecule has 0 atom stereocenters. The lowest BCUT2D eigenvalue weighted by Crippen LogP contribution is -2.44. The number of carbonyl (C=O) groups is 1. The zero-order valence-corrected chi connectivity index (χ0v) is 19.1. The van der Waals surface area contributed by atoms with Gasteiger partial charge >= 0.3 is 0 Å². The van der Waals surface area contributed by atoms with Crippen molar-refractivity contribution in [2.45, 2.75) is 38.1 Å². The van der Waals surface area contributed by atoms with E-state index in [9.17, 15) is 4.79 Å². The van der Waals surface area contributed by atoms with Gasteiger partial charge in [0.2, 0.25) is 0 Å². The van der Waals surface area contributed by atoms with Crippen LogP contribution in [0, 0.1) is 6.92 Å². The standard InChI is InChI=1S/C28H31N3O/c1-19-6-10-22(31-16-14-30(2)15-17-31)18-24(19)27(32)29-28(12-13-28)25-11-9-21-8-7-20-4-3-5-23(25)26(20)21/h3-6,9-11,18H,7-8,12-17H2,1-2H3,(H,29,32). The number of benzene rings is 3. The highest BCUT2D eigenvalue weighted by atomic mass is 16.1. The van der Waals surface area contributed by atoms with E-state index in [0.717, 1.165) is 68.7 Å². The molecule has 6 rings (SSSR count). The summed E-state index contributed by atoms with van der Waals surface area (Å²) in [5.41, 5.74) is 6.97. The van der Waals surface area contributed by atoms with Gasteiger partial charge in [0.25, 0.3) is 5.91 Å². The molecule has 1 N–H and O–H groups in total. The highest BCUT2D eigenvalue weighted by molar-refractivity contribution is 5.99. The average Bonchev–Trinajstić information content (AvgIpc) is 3.46. The molecule has 4 nitrogen and oxygen atoms in total. The third-order valence-corrected chi connectivity index (χ3v) is 7.83. The summed E-state index contributed by atoms with van der Waals surface area (Å²) in [7, 11) is 2.17. The van der Waals surface area contributed by atoms with E-state index in [0.29, 0.717) is 0 Å². The number of likely N-dealkylation sites (N-methyl/N-ethyl adjacent to an activating group) is 1. The van der Waals surface area contributed by atoms with Crippen LogP contribution in [0.4, 0.5) is 5.69 Å². The fourth-order valence-electron chi connectivity index (χ4n) is 5.65. The summed E-state index contributed by atoms with van der Waals surface area (Å²) in [6, 6.07) is 17.6. The number of piperazine rings is 1. The van der Waals surface area contributed by atoms with Gasteiger partial charge in [0.05, 0.1) is 5.54 Å². The highest BCUT2D eigenvalue weighted by Crippen LogP contribution is 2.49. The van der Waals surface area contributed by atoms with E-state index < -0.39 is 0 Å². The minimum Gasteiger partial charge on any atom is -0.369 e. The maximum absolute atomic E-state index is 13.5. The average molecular weight is 426 g/mol. The maximum atomic E-state index is 13.5. The number of anilines is 1. The number of aryl methyl sites for hydroxylation is 3. The van der Waals surface area contributed by atoms with Crippen molar-refractivity contribution in [3.05, 3.63) is 76.3 Å². The van der Waals surface area contributed by atoms with E-state index >= 15 is 0 Å². The predicted molar refractivity (Wildman–Crippen MR) is 131 cm³/mol. The van der Waals surface area contributed by atoms with Gasteiger partial charge in [0.1, 0.15) is 0 Å². The van der Waals surface area contributed by atoms with Crippen molar-refractivity contribution in [3.63, 3.8) is 0 Å². The zero-order chi connectivity index (χ0) is 21.9. The van der Waals surface area contributed by atoms with Gasteiger partial charge in [-0.25, -0.2) is 0 Å². The van der Waals surface area contributed by atoms with Gasteiger partial charge in [-0.2, -0.15) is 0 Å². The molecule has 1 saturated carbocycles. The molecule has 2 fully saturated rings. The highest BCUT2D eigenvalue weighted by Gasteiger charge is 2.47. The lowest BCUT2D eigenvalue weighted by Gasteiger charge is -2.34. The first-order valence-corrected chi connectivity index (χ1v) is 11.9. The Hall–Kier alpha value is -2.85. The summed E-state index contributed by atoms with van der Waals surface area (Å²) >= 11 is 0. The van der Waals surface area contributed by atoms with Crippen LogP contribution >= 0.6 is 0 Å². The first kappa shape index (κ1) is 19.8. The Labute approximate surface area is 190 Å². The van der Waals surface area contributed by atoms with Crippen molar-refractivity contribution in [3.8, 4) is 0 Å². The van der Waals surface area contributed by atoms with Crippen LogP contribution in [0.25, 0.3) is 10.8 Å². The monoisotopic (exact) mass is 425 g/mol. The fourth-order valence-corrected chi connectivity index (χ4v) is 5.65. The molecular formula is C28H31N3O. The van der Waals surface area contributed by atoms with Gasteiger partial charge in [-0.3, -0.25) is 4.79 Å². The van der Waals surface area contributed by atoms with Crippen LogP contribution in [0.5, 0.6) is 0 Å². The number of amides is 1. The smallest absolute Gasteiger partial charge is 0.252 e. The number of hydrogen-bond acceptors (Lipinski definition) is 3. The Bertz CT molecular complexity index is 1210. The normalized spacial score (nSPS) is 19.4. The summed E-state index contributed by atoms with van der Waals surface area (Å²) in [5, 5.41) is 6.22. The first-order chi connectivity index (χ1) is 15.5. The third-order valence-electron chi connectivity index (χ3n) is 7.83. The molecule has 1 amide bonds. The van der Waals surface area contributed by atoms with Gasteiger partial charge in [-0.05, 0) is 84.8 Å². The van der Waals surface area contributed by atoms with Crippen molar-refractivity contribution in [1.29, 1.82) is 0 Å². The molecule has 2 aliphatic carbocycles. The van der Waals surface area contributed by atoms with Crippen LogP contribution < -0.4 is 10.2 Å². The summed E-state index contributed by atoms with van der Waals surface area (Å²) in [6.07, 6.45) is 4.28. The molecule has 4 heteroatoms. The van der Waals surface area contributed by atoms with Crippen LogP contribution in [-0.2, 0) is 18.4 Å². The SMILES string of the molecule is Cc1ccc(N2CCN(C)CC2)cc1C(=O)NC1(c2ccc3c4c(cccc24)CC3)CC1. The second-order valence-corrected chi connectivity index (χ2v) is 9.94. The van der Waals surface area contributed by atoms with Crippen LogP contribution in [0.1, 0.15) is 45.5 Å². The fraction of sp³-hybridized carbons (Fsp3) is 0.393. The number of nitrogens with one attached hydrogen (secondary N) is 1. The van der Waals surface area contributed by atoms with Crippen molar-refractivity contribution < 1.29 is 4.79 Å². The molecule has 3 aromatic rings. The number of rotatable bonds is 4. The molecule has 1 aliphatic heterocycles. The van der Waals surface area contributed by atoms with Crippen LogP contribution in [0.2, 0.25) is 0 Å². The Balaban J connectivity index is 1.30. The summed E-state index contributed by atoms with van der Waals surface area (Å²) in [5.74, 6) is 0.0548. The number of hydrogen-bond donors (Lipinski definition) is 1.